The third-order valence-electron chi connectivity index (χ3n) is 7.52. The summed E-state index contributed by atoms with van der Waals surface area (Å²) in [5.41, 5.74) is -0.118. The molecule has 43 heavy (non-hydrogen) atoms. The number of benzene rings is 2. The first kappa shape index (κ1) is 29.8. The standard InChI is InChI=1S/C30H30FN5O5.C2H6/c1-16-7-12-23(22(31)13-16)33-27-25-26(17(2)28(38)34(27)3)35(30(40)36(29(25)39)19-10-11-19)20-5-4-6-21(14-20)41-15-24(37)32-18-8-9-18;1-2/h4-7,12-14,18-19,33H,8-11,15H2,1-3H3,(H,32,37);1-2H3. The third-order valence-corrected chi connectivity index (χ3v) is 7.52. The molecule has 0 unspecified atom stereocenters. The van der Waals surface area contributed by atoms with E-state index >= 15 is 0 Å². The lowest BCUT2D eigenvalue weighted by atomic mass is 10.1. The van der Waals surface area contributed by atoms with Crippen LogP contribution in [0.5, 0.6) is 5.75 Å². The Bertz CT molecular complexity index is 1900. The van der Waals surface area contributed by atoms with Gasteiger partial charge in [0, 0.05) is 30.8 Å². The lowest BCUT2D eigenvalue weighted by Gasteiger charge is -2.21. The van der Waals surface area contributed by atoms with Crippen molar-refractivity contribution in [2.75, 3.05) is 11.9 Å². The van der Waals surface area contributed by atoms with E-state index < -0.39 is 22.6 Å². The lowest BCUT2D eigenvalue weighted by Crippen LogP contribution is -2.41. The quantitative estimate of drug-likeness (QED) is 0.315. The Kier molecular flexibility index (Phi) is 8.25. The smallest absolute Gasteiger partial charge is 0.336 e. The number of fused-ring (bicyclic) bond motifs is 1. The van der Waals surface area contributed by atoms with E-state index in [1.54, 1.807) is 44.2 Å². The molecule has 2 aromatic carbocycles. The van der Waals surface area contributed by atoms with Gasteiger partial charge in [-0.2, -0.15) is 0 Å². The minimum absolute atomic E-state index is 0.0793. The van der Waals surface area contributed by atoms with Crippen molar-refractivity contribution < 1.29 is 13.9 Å². The Morgan fingerprint density at radius 2 is 1.72 bits per heavy atom. The van der Waals surface area contributed by atoms with Crippen LogP contribution in [0.25, 0.3) is 16.6 Å². The van der Waals surface area contributed by atoms with Gasteiger partial charge in [-0.25, -0.2) is 9.18 Å². The first-order valence-corrected chi connectivity index (χ1v) is 14.6. The summed E-state index contributed by atoms with van der Waals surface area (Å²) in [7, 11) is 1.50. The summed E-state index contributed by atoms with van der Waals surface area (Å²) in [6.45, 7) is 7.13. The summed E-state index contributed by atoms with van der Waals surface area (Å²) in [4.78, 5) is 53.5. The van der Waals surface area contributed by atoms with Crippen LogP contribution in [0.1, 0.15) is 56.7 Å². The molecular weight excluding hydrogens is 553 g/mol. The molecule has 11 heteroatoms. The van der Waals surface area contributed by atoms with Gasteiger partial charge >= 0.3 is 5.69 Å². The number of amides is 1. The number of pyridine rings is 1. The Labute approximate surface area is 247 Å². The molecule has 0 atom stereocenters. The summed E-state index contributed by atoms with van der Waals surface area (Å²) >= 11 is 0. The minimum Gasteiger partial charge on any atom is -0.484 e. The number of carbonyl (C=O) groups excluding carboxylic acids is 1. The van der Waals surface area contributed by atoms with Crippen molar-refractivity contribution in [3.63, 3.8) is 0 Å². The normalized spacial score (nSPS) is 14.2. The van der Waals surface area contributed by atoms with Crippen molar-refractivity contribution in [2.45, 2.75) is 65.5 Å². The fourth-order valence-corrected chi connectivity index (χ4v) is 5.06. The van der Waals surface area contributed by atoms with Gasteiger partial charge < -0.3 is 15.4 Å². The Hall–Kier alpha value is -4.67. The Morgan fingerprint density at radius 3 is 2.37 bits per heavy atom. The van der Waals surface area contributed by atoms with Gasteiger partial charge in [0.1, 0.15) is 22.8 Å². The summed E-state index contributed by atoms with van der Waals surface area (Å²) in [5.74, 6) is -0.353. The first-order chi connectivity index (χ1) is 20.6. The van der Waals surface area contributed by atoms with Crippen LogP contribution < -0.4 is 32.2 Å². The highest BCUT2D eigenvalue weighted by Crippen LogP contribution is 2.34. The summed E-state index contributed by atoms with van der Waals surface area (Å²) in [6.07, 6.45) is 3.25. The van der Waals surface area contributed by atoms with E-state index in [1.165, 1.54) is 32.9 Å². The zero-order valence-electron chi connectivity index (χ0n) is 25.0. The summed E-state index contributed by atoms with van der Waals surface area (Å²) < 4.78 is 24.4. The van der Waals surface area contributed by atoms with Gasteiger partial charge in [0.05, 0.1) is 16.9 Å². The second-order valence-corrected chi connectivity index (χ2v) is 10.8. The van der Waals surface area contributed by atoms with E-state index in [9.17, 15) is 23.6 Å². The van der Waals surface area contributed by atoms with E-state index in [0.29, 0.717) is 29.8 Å². The van der Waals surface area contributed by atoms with Crippen LogP contribution in [0.3, 0.4) is 0 Å². The molecule has 2 saturated carbocycles. The van der Waals surface area contributed by atoms with Gasteiger partial charge in [-0.3, -0.25) is 28.1 Å². The predicted molar refractivity (Wildman–Crippen MR) is 164 cm³/mol. The molecule has 10 nitrogen and oxygen atoms in total. The van der Waals surface area contributed by atoms with Crippen LogP contribution in [0, 0.1) is 19.7 Å². The predicted octanol–water partition coefficient (Wildman–Crippen LogP) is 4.37. The highest BCUT2D eigenvalue weighted by molar-refractivity contribution is 5.93. The van der Waals surface area contributed by atoms with Crippen molar-refractivity contribution in [3.05, 3.63) is 90.6 Å². The summed E-state index contributed by atoms with van der Waals surface area (Å²) in [6, 6.07) is 11.1. The van der Waals surface area contributed by atoms with E-state index in [4.69, 9.17) is 4.74 Å². The average molecular weight is 590 g/mol. The molecule has 2 heterocycles. The fourth-order valence-electron chi connectivity index (χ4n) is 5.06. The molecule has 0 aliphatic heterocycles. The van der Waals surface area contributed by atoms with Crippen LogP contribution in [0.2, 0.25) is 0 Å². The monoisotopic (exact) mass is 589 g/mol. The number of nitrogens with zero attached hydrogens (tertiary/aromatic N) is 3. The molecular formula is C32H36FN5O5. The Balaban J connectivity index is 0.00000180. The topological polar surface area (TPSA) is 116 Å². The number of aromatic nitrogens is 3. The Morgan fingerprint density at radius 1 is 1.00 bits per heavy atom. The highest BCUT2D eigenvalue weighted by atomic mass is 19.1. The van der Waals surface area contributed by atoms with E-state index in [0.717, 1.165) is 12.8 Å². The average Bonchev–Trinajstić information content (AvgIpc) is 3.93. The maximum Gasteiger partial charge on any atom is 0.336 e. The number of rotatable bonds is 8. The number of hydrogen-bond acceptors (Lipinski definition) is 6. The van der Waals surface area contributed by atoms with E-state index in [2.05, 4.69) is 10.6 Å². The molecule has 226 valence electrons. The summed E-state index contributed by atoms with van der Waals surface area (Å²) in [5, 5.41) is 5.91. The number of nitrogens with one attached hydrogen (secondary N) is 2. The maximum atomic E-state index is 14.9. The largest absolute Gasteiger partial charge is 0.484 e. The number of ether oxygens (including phenoxy) is 1. The van der Waals surface area contributed by atoms with Gasteiger partial charge in [-0.15, -0.1) is 0 Å². The highest BCUT2D eigenvalue weighted by Gasteiger charge is 2.32. The molecule has 2 fully saturated rings. The van der Waals surface area contributed by atoms with Crippen LogP contribution >= 0.6 is 0 Å². The van der Waals surface area contributed by atoms with Gasteiger partial charge in [0.2, 0.25) is 0 Å². The van der Waals surface area contributed by atoms with Crippen molar-refractivity contribution >= 4 is 28.3 Å². The zero-order valence-corrected chi connectivity index (χ0v) is 25.0. The molecule has 0 saturated heterocycles. The van der Waals surface area contributed by atoms with Crippen molar-refractivity contribution in [1.82, 2.24) is 19.0 Å². The second-order valence-electron chi connectivity index (χ2n) is 10.8. The number of halogens is 1. The number of anilines is 2. The van der Waals surface area contributed by atoms with Crippen molar-refractivity contribution in [2.24, 2.45) is 7.05 Å². The molecule has 0 spiro atoms. The maximum absolute atomic E-state index is 14.9. The molecule has 2 N–H and O–H groups in total. The van der Waals surface area contributed by atoms with Crippen LogP contribution in [0.15, 0.2) is 56.8 Å². The minimum atomic E-state index is -0.586. The van der Waals surface area contributed by atoms with Gasteiger partial charge in [0.15, 0.2) is 6.61 Å². The molecule has 0 bridgehead atoms. The van der Waals surface area contributed by atoms with E-state index in [-0.39, 0.29) is 52.6 Å². The molecule has 4 aromatic rings. The zero-order chi connectivity index (χ0) is 31.0. The van der Waals surface area contributed by atoms with E-state index in [1.807, 2.05) is 13.8 Å². The van der Waals surface area contributed by atoms with Gasteiger partial charge in [0.25, 0.3) is 17.0 Å². The lowest BCUT2D eigenvalue weighted by molar-refractivity contribution is -0.123. The molecule has 2 aliphatic carbocycles. The molecule has 6 rings (SSSR count). The van der Waals surface area contributed by atoms with Crippen LogP contribution in [-0.4, -0.2) is 32.3 Å². The number of carbonyl (C=O) groups is 1. The number of hydrogen-bond donors (Lipinski definition) is 2. The van der Waals surface area contributed by atoms with Crippen molar-refractivity contribution in [1.29, 1.82) is 0 Å². The number of aryl methyl sites for hydroxylation is 2. The van der Waals surface area contributed by atoms with Gasteiger partial charge in [-0.05, 0) is 69.4 Å². The molecule has 0 radical (unpaired) electrons. The first-order valence-electron chi connectivity index (χ1n) is 14.6. The molecule has 2 aromatic heterocycles. The van der Waals surface area contributed by atoms with Crippen LogP contribution in [0.4, 0.5) is 15.9 Å². The molecule has 1 amide bonds. The van der Waals surface area contributed by atoms with Crippen molar-refractivity contribution in [3.8, 4) is 11.4 Å². The van der Waals surface area contributed by atoms with Gasteiger partial charge in [-0.1, -0.05) is 26.0 Å². The fraction of sp³-hybridized carbons (Fsp3) is 0.375. The SMILES string of the molecule is CC.Cc1ccc(Nc2c3c(=O)n(C4CC4)c(=O)n(-c4cccc(OCC(=O)NC5CC5)c4)c3c(C)c(=O)n2C)c(F)c1. The molecule has 2 aliphatic rings. The second kappa shape index (κ2) is 11.9. The third kappa shape index (κ3) is 5.84. The van der Waals surface area contributed by atoms with Crippen LogP contribution in [-0.2, 0) is 11.8 Å².